The monoisotopic (exact) mass is 662 g/mol. The van der Waals surface area contributed by atoms with Crippen LogP contribution in [0.4, 0.5) is 0 Å². The Morgan fingerprint density at radius 3 is 1.56 bits per heavy atom. The molecule has 0 radical (unpaired) electrons. The van der Waals surface area contributed by atoms with E-state index in [0.717, 1.165) is 55.2 Å². The molecule has 0 bridgehead atoms. The van der Waals surface area contributed by atoms with Crippen molar-refractivity contribution in [3.8, 4) is 44.5 Å². The van der Waals surface area contributed by atoms with Crippen molar-refractivity contribution in [2.75, 3.05) is 0 Å². The molecule has 2 aromatic heterocycles. The van der Waals surface area contributed by atoms with Gasteiger partial charge in [0.1, 0.15) is 16.7 Å². The first-order valence-corrected chi connectivity index (χ1v) is 17.7. The van der Waals surface area contributed by atoms with E-state index in [2.05, 4.69) is 164 Å². The molecule has 2 heterocycles. The highest BCUT2D eigenvalue weighted by atomic mass is 16.3. The summed E-state index contributed by atoms with van der Waals surface area (Å²) in [5.41, 5.74) is 11.8. The normalized spacial score (nSPS) is 11.8. The standard InChI is InChI=1S/C50H30O2/c1-2-14-33(15-3-1)46-37-18-6-8-20-39(37)47(40-21-9-7-19-38(40)46)34-27-25-32(26-28-34)42-29-45-48(41-22-10-11-24-44(41)52-45)49-43(30-51-50(42)49)36-23-12-16-31-13-4-5-17-35(31)36/h1-30H. The second-order valence-electron chi connectivity index (χ2n) is 13.6. The van der Waals surface area contributed by atoms with Gasteiger partial charge in [-0.15, -0.1) is 0 Å². The summed E-state index contributed by atoms with van der Waals surface area (Å²) in [6.45, 7) is 0. The molecule has 9 aromatic carbocycles. The van der Waals surface area contributed by atoms with E-state index in [4.69, 9.17) is 8.83 Å². The number of rotatable bonds is 4. The molecular weight excluding hydrogens is 633 g/mol. The van der Waals surface area contributed by atoms with Crippen LogP contribution in [0.5, 0.6) is 0 Å². The number of furan rings is 2. The summed E-state index contributed by atoms with van der Waals surface area (Å²) in [7, 11) is 0. The highest BCUT2D eigenvalue weighted by Crippen LogP contribution is 2.47. The van der Waals surface area contributed by atoms with Crippen LogP contribution in [0.15, 0.2) is 191 Å². The first-order valence-electron chi connectivity index (χ1n) is 17.7. The van der Waals surface area contributed by atoms with E-state index < -0.39 is 0 Å². The SMILES string of the molecule is c1ccc(-c2c3ccccc3c(-c3ccc(-c4cc5oc6ccccc6c5c5c(-c6cccc7ccccc67)coc45)cc3)c3ccccc23)cc1. The van der Waals surface area contributed by atoms with Crippen molar-refractivity contribution in [2.45, 2.75) is 0 Å². The van der Waals surface area contributed by atoms with E-state index in [-0.39, 0.29) is 0 Å². The van der Waals surface area contributed by atoms with Crippen LogP contribution in [-0.2, 0) is 0 Å². The Morgan fingerprint density at radius 1 is 0.327 bits per heavy atom. The topological polar surface area (TPSA) is 26.3 Å². The van der Waals surface area contributed by atoms with Gasteiger partial charge in [-0.1, -0.05) is 164 Å². The molecule has 2 heteroatoms. The zero-order valence-corrected chi connectivity index (χ0v) is 28.1. The first-order chi connectivity index (χ1) is 25.8. The molecule has 0 aliphatic rings. The van der Waals surface area contributed by atoms with Crippen molar-refractivity contribution in [3.05, 3.63) is 182 Å². The van der Waals surface area contributed by atoms with E-state index in [0.29, 0.717) is 0 Å². The van der Waals surface area contributed by atoms with E-state index in [1.54, 1.807) is 0 Å². The molecule has 11 aromatic rings. The summed E-state index contributed by atoms with van der Waals surface area (Å²) in [4.78, 5) is 0. The predicted octanol–water partition coefficient (Wildman–Crippen LogP) is 14.5. The van der Waals surface area contributed by atoms with Gasteiger partial charge < -0.3 is 8.83 Å². The van der Waals surface area contributed by atoms with Gasteiger partial charge in [0, 0.05) is 27.3 Å². The van der Waals surface area contributed by atoms with Crippen molar-refractivity contribution < 1.29 is 8.83 Å². The molecule has 0 N–H and O–H groups in total. The van der Waals surface area contributed by atoms with Crippen LogP contribution in [0.3, 0.4) is 0 Å². The van der Waals surface area contributed by atoms with Crippen LogP contribution in [0.2, 0.25) is 0 Å². The highest BCUT2D eigenvalue weighted by molar-refractivity contribution is 6.26. The van der Waals surface area contributed by atoms with Crippen LogP contribution in [0.1, 0.15) is 0 Å². The van der Waals surface area contributed by atoms with Gasteiger partial charge in [-0.05, 0) is 77.8 Å². The Bertz CT molecular complexity index is 3100. The van der Waals surface area contributed by atoms with E-state index >= 15 is 0 Å². The summed E-state index contributed by atoms with van der Waals surface area (Å²) in [6.07, 6.45) is 1.93. The van der Waals surface area contributed by atoms with Gasteiger partial charge >= 0.3 is 0 Å². The Kier molecular flexibility index (Phi) is 6.28. The molecule has 2 nitrogen and oxygen atoms in total. The number of para-hydroxylation sites is 1. The maximum atomic E-state index is 6.61. The van der Waals surface area contributed by atoms with Gasteiger partial charge in [-0.25, -0.2) is 0 Å². The zero-order valence-electron chi connectivity index (χ0n) is 28.1. The molecule has 0 spiro atoms. The minimum absolute atomic E-state index is 0.851. The van der Waals surface area contributed by atoms with Gasteiger partial charge in [0.2, 0.25) is 0 Å². The lowest BCUT2D eigenvalue weighted by atomic mass is 9.85. The summed E-state index contributed by atoms with van der Waals surface area (Å²) in [5.74, 6) is 0. The molecule has 242 valence electrons. The van der Waals surface area contributed by atoms with Crippen molar-refractivity contribution >= 4 is 65.2 Å². The van der Waals surface area contributed by atoms with E-state index in [1.165, 1.54) is 54.6 Å². The second-order valence-corrected chi connectivity index (χ2v) is 13.6. The smallest absolute Gasteiger partial charge is 0.143 e. The fourth-order valence-electron chi connectivity index (χ4n) is 8.47. The molecule has 0 atom stereocenters. The molecule has 11 rings (SSSR count). The molecule has 52 heavy (non-hydrogen) atoms. The summed E-state index contributed by atoms with van der Waals surface area (Å²) < 4.78 is 13.2. The molecular formula is C50H30O2. The highest BCUT2D eigenvalue weighted by Gasteiger charge is 2.23. The third-order valence-corrected chi connectivity index (χ3v) is 10.7. The molecule has 0 fully saturated rings. The van der Waals surface area contributed by atoms with Gasteiger partial charge in [0.25, 0.3) is 0 Å². The van der Waals surface area contributed by atoms with Crippen molar-refractivity contribution in [3.63, 3.8) is 0 Å². The molecule has 0 saturated carbocycles. The average Bonchev–Trinajstić information content (AvgIpc) is 3.81. The number of hydrogen-bond acceptors (Lipinski definition) is 2. The fraction of sp³-hybridized carbons (Fsp3) is 0. The van der Waals surface area contributed by atoms with Gasteiger partial charge in [0.05, 0.1) is 6.26 Å². The lowest BCUT2D eigenvalue weighted by Gasteiger charge is -2.18. The lowest BCUT2D eigenvalue weighted by Crippen LogP contribution is -1.90. The maximum absolute atomic E-state index is 6.61. The summed E-state index contributed by atoms with van der Waals surface area (Å²) in [6, 6.07) is 62.8. The van der Waals surface area contributed by atoms with E-state index in [9.17, 15) is 0 Å². The van der Waals surface area contributed by atoms with Gasteiger partial charge in [-0.2, -0.15) is 0 Å². The van der Waals surface area contributed by atoms with Crippen molar-refractivity contribution in [2.24, 2.45) is 0 Å². The Balaban J connectivity index is 1.14. The molecule has 0 unspecified atom stereocenters. The maximum Gasteiger partial charge on any atom is 0.143 e. The van der Waals surface area contributed by atoms with Crippen LogP contribution in [-0.4, -0.2) is 0 Å². The number of fused-ring (bicyclic) bond motifs is 8. The van der Waals surface area contributed by atoms with Crippen LogP contribution >= 0.6 is 0 Å². The van der Waals surface area contributed by atoms with Crippen molar-refractivity contribution in [1.29, 1.82) is 0 Å². The average molecular weight is 663 g/mol. The van der Waals surface area contributed by atoms with Crippen LogP contribution in [0, 0.1) is 0 Å². The minimum atomic E-state index is 0.851. The Hall–Kier alpha value is -6.90. The zero-order chi connectivity index (χ0) is 34.2. The van der Waals surface area contributed by atoms with Crippen molar-refractivity contribution in [1.82, 2.24) is 0 Å². The fourth-order valence-corrected chi connectivity index (χ4v) is 8.47. The predicted molar refractivity (Wildman–Crippen MR) is 218 cm³/mol. The van der Waals surface area contributed by atoms with Crippen LogP contribution < -0.4 is 0 Å². The summed E-state index contributed by atoms with van der Waals surface area (Å²) >= 11 is 0. The largest absolute Gasteiger partial charge is 0.463 e. The molecule has 0 aliphatic carbocycles. The Morgan fingerprint density at radius 2 is 0.865 bits per heavy atom. The van der Waals surface area contributed by atoms with E-state index in [1.807, 2.05) is 18.4 Å². The molecule has 0 saturated heterocycles. The Labute approximate surface area is 299 Å². The van der Waals surface area contributed by atoms with Gasteiger partial charge in [-0.3, -0.25) is 0 Å². The number of benzene rings is 9. The lowest BCUT2D eigenvalue weighted by molar-refractivity contribution is 0.617. The third kappa shape index (κ3) is 4.25. The molecule has 0 aliphatic heterocycles. The van der Waals surface area contributed by atoms with Gasteiger partial charge in [0.15, 0.2) is 0 Å². The quantitative estimate of drug-likeness (QED) is 0.175. The third-order valence-electron chi connectivity index (χ3n) is 10.7. The van der Waals surface area contributed by atoms with Crippen LogP contribution in [0.25, 0.3) is 110 Å². The molecule has 0 amide bonds. The number of hydrogen-bond donors (Lipinski definition) is 0. The second kappa shape index (κ2) is 11.3. The first kappa shape index (κ1) is 28.9. The summed E-state index contributed by atoms with van der Waals surface area (Å²) in [5, 5.41) is 10.6. The minimum Gasteiger partial charge on any atom is -0.463 e.